The van der Waals surface area contributed by atoms with Crippen LogP contribution in [0.15, 0.2) is 0 Å². The quantitative estimate of drug-likeness (QED) is 0.317. The van der Waals surface area contributed by atoms with Crippen LogP contribution in [0.1, 0.15) is 0 Å². The Bertz CT molecular complexity index is 193. The van der Waals surface area contributed by atoms with Crippen molar-refractivity contribution in [2.24, 2.45) is 0 Å². The lowest BCUT2D eigenvalue weighted by molar-refractivity contribution is -0.288. The number of alkyl halides is 2. The molecule has 0 aromatic heterocycles. The van der Waals surface area contributed by atoms with Crippen LogP contribution in [0, 0.1) is 0 Å². The van der Waals surface area contributed by atoms with Crippen molar-refractivity contribution in [3.8, 4) is 0 Å². The minimum Gasteiger partial charge on any atom is -0.387 e. The van der Waals surface area contributed by atoms with Crippen LogP contribution in [-0.4, -0.2) is 62.3 Å². The number of hydrogen-bond donors (Lipinski definition) is 5. The Labute approximate surface area is 77.0 Å². The lowest BCUT2D eigenvalue weighted by atomic mass is 10.0. The summed E-state index contributed by atoms with van der Waals surface area (Å²) in [4.78, 5) is 9.87. The van der Waals surface area contributed by atoms with Gasteiger partial charge in [0, 0.05) is 0 Å². The van der Waals surface area contributed by atoms with Crippen molar-refractivity contribution in [1.82, 2.24) is 0 Å². The molecule has 0 aliphatic rings. The number of rotatable bonds is 5. The summed E-state index contributed by atoms with van der Waals surface area (Å²) in [6.07, 6.45) is -14.8. The van der Waals surface area contributed by atoms with Crippen molar-refractivity contribution in [3.05, 3.63) is 0 Å². The molecule has 0 radical (unpaired) electrons. The normalized spacial score (nSPS) is 21.1. The van der Waals surface area contributed by atoms with Crippen LogP contribution in [0.5, 0.6) is 0 Å². The van der Waals surface area contributed by atoms with Gasteiger partial charge < -0.3 is 30.3 Å². The van der Waals surface area contributed by atoms with Crippen LogP contribution >= 0.6 is 0 Å². The molecule has 0 aliphatic heterocycles. The lowest BCUT2D eigenvalue weighted by Crippen LogP contribution is -2.52. The predicted molar refractivity (Wildman–Crippen MR) is 37.3 cm³/mol. The maximum atomic E-state index is 12.0. The van der Waals surface area contributed by atoms with E-state index in [0.29, 0.717) is 0 Å². The predicted octanol–water partition coefficient (Wildman–Crippen LogP) is -2.79. The van der Waals surface area contributed by atoms with Crippen LogP contribution in [0.3, 0.4) is 0 Å². The third-order valence-electron chi connectivity index (χ3n) is 1.52. The Morgan fingerprint density at radius 2 is 1.50 bits per heavy atom. The third kappa shape index (κ3) is 3.24. The van der Waals surface area contributed by atoms with Gasteiger partial charge in [-0.05, 0) is 0 Å². The molecule has 14 heavy (non-hydrogen) atoms. The largest absolute Gasteiger partial charge is 0.387 e. The highest BCUT2D eigenvalue weighted by Crippen LogP contribution is 2.19. The summed E-state index contributed by atoms with van der Waals surface area (Å²) >= 11 is 0. The summed E-state index contributed by atoms with van der Waals surface area (Å²) in [5.74, 6) is 0. The Kier molecular flexibility index (Phi) is 4.49. The van der Waals surface area contributed by atoms with Gasteiger partial charge in [0.25, 0.3) is 0 Å². The first-order chi connectivity index (χ1) is 6.21. The van der Waals surface area contributed by atoms with Crippen LogP contribution in [0.4, 0.5) is 8.78 Å². The Morgan fingerprint density at radius 1 is 1.07 bits per heavy atom. The van der Waals surface area contributed by atoms with E-state index in [9.17, 15) is 13.6 Å². The fraction of sp³-hybridized carbons (Fsp3) is 0.833. The molecule has 8 heteroatoms. The van der Waals surface area contributed by atoms with Crippen LogP contribution in [-0.2, 0) is 4.79 Å². The summed E-state index contributed by atoms with van der Waals surface area (Å²) in [7, 11) is 0. The molecule has 0 saturated carbocycles. The van der Waals surface area contributed by atoms with Gasteiger partial charge in [-0.25, -0.2) is 0 Å². The molecule has 0 amide bonds. The number of carbonyl (C=O) groups excluding carboxylic acids is 1. The highest BCUT2D eigenvalue weighted by Gasteiger charge is 2.45. The highest BCUT2D eigenvalue weighted by atomic mass is 19.3. The van der Waals surface area contributed by atoms with Crippen LogP contribution in [0.2, 0.25) is 0 Å². The van der Waals surface area contributed by atoms with E-state index < -0.39 is 30.5 Å². The van der Waals surface area contributed by atoms with E-state index in [2.05, 4.69) is 0 Å². The maximum Gasteiger partial charge on any atom is 0.381 e. The second-order valence-corrected chi connectivity index (χ2v) is 2.64. The number of aliphatic hydroxyl groups is 5. The minimum absolute atomic E-state index is 0.212. The Morgan fingerprint density at radius 3 is 1.79 bits per heavy atom. The zero-order chi connectivity index (χ0) is 11.5. The zero-order valence-electron chi connectivity index (χ0n) is 6.79. The Balaban J connectivity index is 4.46. The van der Waals surface area contributed by atoms with Gasteiger partial charge >= 0.3 is 6.11 Å². The van der Waals surface area contributed by atoms with Gasteiger partial charge in [-0.15, -0.1) is 0 Å². The first kappa shape index (κ1) is 13.3. The molecule has 0 heterocycles. The van der Waals surface area contributed by atoms with Crippen LogP contribution < -0.4 is 0 Å². The SMILES string of the molecule is O=C[C@@H](O)[C@@H](O)[C@H](O)[C@H](O)C(O)(F)F. The molecule has 0 aromatic rings. The smallest absolute Gasteiger partial charge is 0.381 e. The van der Waals surface area contributed by atoms with Gasteiger partial charge in [-0.2, -0.15) is 8.78 Å². The number of aldehydes is 1. The van der Waals surface area contributed by atoms with E-state index in [1.54, 1.807) is 0 Å². The van der Waals surface area contributed by atoms with E-state index in [0.717, 1.165) is 0 Å². The number of halogens is 2. The molecule has 0 bridgehead atoms. The van der Waals surface area contributed by atoms with Crippen LogP contribution in [0.25, 0.3) is 0 Å². The molecule has 0 fully saturated rings. The topological polar surface area (TPSA) is 118 Å². The van der Waals surface area contributed by atoms with Crippen molar-refractivity contribution in [1.29, 1.82) is 0 Å². The second-order valence-electron chi connectivity index (χ2n) is 2.64. The first-order valence-corrected chi connectivity index (χ1v) is 3.49. The summed E-state index contributed by atoms with van der Waals surface area (Å²) in [5.41, 5.74) is 0. The van der Waals surface area contributed by atoms with Crippen molar-refractivity contribution < 1.29 is 39.1 Å². The highest BCUT2D eigenvalue weighted by molar-refractivity contribution is 5.56. The molecule has 0 unspecified atom stereocenters. The summed E-state index contributed by atoms with van der Waals surface area (Å²) in [5, 5.41) is 42.6. The number of carbonyl (C=O) groups is 1. The minimum atomic E-state index is -4.64. The average molecular weight is 216 g/mol. The number of hydrogen-bond acceptors (Lipinski definition) is 6. The maximum absolute atomic E-state index is 12.0. The van der Waals surface area contributed by atoms with Crippen molar-refractivity contribution in [2.75, 3.05) is 0 Å². The molecule has 0 rings (SSSR count). The molecule has 84 valence electrons. The molecule has 5 N–H and O–H groups in total. The fourth-order valence-electron chi connectivity index (χ4n) is 0.675. The molecular formula is C6H10F2O6. The summed E-state index contributed by atoms with van der Waals surface area (Å²) < 4.78 is 23.9. The van der Waals surface area contributed by atoms with Gasteiger partial charge in [0.2, 0.25) is 0 Å². The molecule has 0 aromatic carbocycles. The van der Waals surface area contributed by atoms with E-state index in [1.807, 2.05) is 0 Å². The van der Waals surface area contributed by atoms with E-state index in [4.69, 9.17) is 25.5 Å². The van der Waals surface area contributed by atoms with Gasteiger partial charge in [-0.3, -0.25) is 0 Å². The summed E-state index contributed by atoms with van der Waals surface area (Å²) in [6, 6.07) is 0. The monoisotopic (exact) mass is 216 g/mol. The van der Waals surface area contributed by atoms with Gasteiger partial charge in [0.1, 0.15) is 18.3 Å². The van der Waals surface area contributed by atoms with Gasteiger partial charge in [-0.1, -0.05) is 0 Å². The average Bonchev–Trinajstić information content (AvgIpc) is 2.11. The zero-order valence-corrected chi connectivity index (χ0v) is 6.79. The molecule has 6 nitrogen and oxygen atoms in total. The fourth-order valence-corrected chi connectivity index (χ4v) is 0.675. The third-order valence-corrected chi connectivity index (χ3v) is 1.52. The second kappa shape index (κ2) is 4.71. The lowest BCUT2D eigenvalue weighted by Gasteiger charge is -2.26. The van der Waals surface area contributed by atoms with Gasteiger partial charge in [0.15, 0.2) is 12.4 Å². The summed E-state index contributed by atoms with van der Waals surface area (Å²) in [6.45, 7) is 0. The molecule has 0 spiro atoms. The molecule has 4 atom stereocenters. The van der Waals surface area contributed by atoms with Gasteiger partial charge in [0.05, 0.1) is 0 Å². The standard InChI is InChI=1S/C6H10F2O6/c7-6(8,14)5(13)4(12)3(11)2(10)1-9/h1-5,10-14H/t2-,3-,4+,5+/m1/s1. The Hall–Kier alpha value is -0.670. The van der Waals surface area contributed by atoms with E-state index >= 15 is 0 Å². The molecule has 0 saturated heterocycles. The van der Waals surface area contributed by atoms with E-state index in [1.165, 1.54) is 0 Å². The first-order valence-electron chi connectivity index (χ1n) is 3.49. The van der Waals surface area contributed by atoms with Crippen molar-refractivity contribution in [2.45, 2.75) is 30.5 Å². The van der Waals surface area contributed by atoms with Crippen molar-refractivity contribution in [3.63, 3.8) is 0 Å². The molecular weight excluding hydrogens is 206 g/mol. The van der Waals surface area contributed by atoms with E-state index in [-0.39, 0.29) is 6.29 Å². The molecule has 0 aliphatic carbocycles. The van der Waals surface area contributed by atoms with Crippen molar-refractivity contribution >= 4 is 6.29 Å². The number of aliphatic hydroxyl groups excluding tert-OH is 4.